The molecule has 0 aliphatic carbocycles. The van der Waals surface area contributed by atoms with Crippen molar-refractivity contribution in [2.24, 2.45) is 0 Å². The van der Waals surface area contributed by atoms with E-state index in [1.807, 2.05) is 0 Å². The molecule has 2 aromatic rings. The van der Waals surface area contributed by atoms with Crippen molar-refractivity contribution in [3.63, 3.8) is 0 Å². The minimum atomic E-state index is -4.04. The Balaban J connectivity index is 2.36. The summed E-state index contributed by atoms with van der Waals surface area (Å²) < 4.78 is 35.2. The molecule has 0 bridgehead atoms. The molecule has 0 amide bonds. The fraction of sp³-hybridized carbons (Fsp3) is 0.188. The van der Waals surface area contributed by atoms with Crippen molar-refractivity contribution in [3.05, 3.63) is 54.1 Å². The lowest BCUT2D eigenvalue weighted by Crippen LogP contribution is -2.11. The molecule has 116 valence electrons. The van der Waals surface area contributed by atoms with Crippen LogP contribution in [0.4, 0.5) is 0 Å². The highest BCUT2D eigenvalue weighted by molar-refractivity contribution is 7.87. The van der Waals surface area contributed by atoms with Crippen molar-refractivity contribution in [2.75, 3.05) is 6.61 Å². The van der Waals surface area contributed by atoms with Gasteiger partial charge in [-0.25, -0.2) is 0 Å². The van der Waals surface area contributed by atoms with Gasteiger partial charge in [0.15, 0.2) is 17.3 Å². The van der Waals surface area contributed by atoms with Crippen LogP contribution in [0.25, 0.3) is 0 Å². The Labute approximate surface area is 129 Å². The average Bonchev–Trinajstić information content (AvgIpc) is 2.49. The van der Waals surface area contributed by atoms with Crippen LogP contribution in [0, 0.1) is 0 Å². The van der Waals surface area contributed by atoms with Crippen molar-refractivity contribution in [2.45, 2.75) is 18.7 Å². The lowest BCUT2D eigenvalue weighted by molar-refractivity contribution is 0.101. The maximum atomic E-state index is 12.3. The predicted octanol–water partition coefficient (Wildman–Crippen LogP) is 3.06. The summed E-state index contributed by atoms with van der Waals surface area (Å²) in [7, 11) is -4.04. The third-order valence-corrected chi connectivity index (χ3v) is 4.11. The molecular formula is C16H16O5S. The third kappa shape index (κ3) is 3.65. The number of benzene rings is 2. The van der Waals surface area contributed by atoms with Gasteiger partial charge in [0.1, 0.15) is 4.90 Å². The molecule has 0 unspecified atom stereocenters. The molecule has 0 aliphatic heterocycles. The van der Waals surface area contributed by atoms with E-state index in [1.54, 1.807) is 31.2 Å². The highest BCUT2D eigenvalue weighted by Gasteiger charge is 2.19. The van der Waals surface area contributed by atoms with Gasteiger partial charge < -0.3 is 8.92 Å². The van der Waals surface area contributed by atoms with Gasteiger partial charge in [0, 0.05) is 5.56 Å². The van der Waals surface area contributed by atoms with E-state index in [0.717, 1.165) is 0 Å². The van der Waals surface area contributed by atoms with Crippen LogP contribution in [-0.4, -0.2) is 20.8 Å². The second kappa shape index (κ2) is 6.62. The molecule has 0 aliphatic rings. The van der Waals surface area contributed by atoms with Gasteiger partial charge in [0.05, 0.1) is 6.61 Å². The van der Waals surface area contributed by atoms with E-state index in [4.69, 9.17) is 8.92 Å². The number of ether oxygens (including phenoxy) is 1. The van der Waals surface area contributed by atoms with E-state index < -0.39 is 10.1 Å². The lowest BCUT2D eigenvalue weighted by Gasteiger charge is -2.11. The Morgan fingerprint density at radius 2 is 1.73 bits per heavy atom. The number of carbonyl (C=O) groups is 1. The van der Waals surface area contributed by atoms with Crippen LogP contribution in [0.3, 0.4) is 0 Å². The fourth-order valence-electron chi connectivity index (χ4n) is 1.83. The average molecular weight is 320 g/mol. The van der Waals surface area contributed by atoms with Crippen LogP contribution in [-0.2, 0) is 10.1 Å². The van der Waals surface area contributed by atoms with Crippen LogP contribution in [0.1, 0.15) is 24.2 Å². The Hall–Kier alpha value is -2.34. The van der Waals surface area contributed by atoms with Crippen LogP contribution < -0.4 is 8.92 Å². The molecule has 0 fully saturated rings. The second-order valence-corrected chi connectivity index (χ2v) is 6.05. The number of para-hydroxylation sites is 2. The Bertz CT molecular complexity index is 781. The minimum absolute atomic E-state index is 0.0773. The molecule has 0 spiro atoms. The zero-order valence-corrected chi connectivity index (χ0v) is 13.1. The monoisotopic (exact) mass is 320 g/mol. The molecule has 22 heavy (non-hydrogen) atoms. The number of Topliss-reactive ketones (excluding diaryl/α,β-unsaturated/α-hetero) is 1. The van der Waals surface area contributed by atoms with Crippen molar-refractivity contribution >= 4 is 15.9 Å². The molecule has 0 atom stereocenters. The van der Waals surface area contributed by atoms with Gasteiger partial charge >= 0.3 is 10.1 Å². The normalized spacial score (nSPS) is 11.0. The maximum Gasteiger partial charge on any atom is 0.339 e. The first-order chi connectivity index (χ1) is 10.4. The molecule has 5 nitrogen and oxygen atoms in total. The third-order valence-electron chi connectivity index (χ3n) is 2.88. The first kappa shape index (κ1) is 16.0. The summed E-state index contributed by atoms with van der Waals surface area (Å²) in [4.78, 5) is 11.3. The molecular weight excluding hydrogens is 304 g/mol. The minimum Gasteiger partial charge on any atom is -0.490 e. The van der Waals surface area contributed by atoms with Crippen molar-refractivity contribution in [3.8, 4) is 11.5 Å². The highest BCUT2D eigenvalue weighted by atomic mass is 32.2. The smallest absolute Gasteiger partial charge is 0.339 e. The molecule has 2 rings (SSSR count). The summed E-state index contributed by atoms with van der Waals surface area (Å²) in [5, 5.41) is 0. The fourth-order valence-corrected chi connectivity index (χ4v) is 2.82. The zero-order valence-electron chi connectivity index (χ0n) is 12.3. The van der Waals surface area contributed by atoms with Crippen LogP contribution in [0.15, 0.2) is 53.4 Å². The van der Waals surface area contributed by atoms with Gasteiger partial charge in [0.2, 0.25) is 0 Å². The Morgan fingerprint density at radius 3 is 2.36 bits per heavy atom. The molecule has 0 N–H and O–H groups in total. The molecule has 2 aromatic carbocycles. The number of hydrogen-bond donors (Lipinski definition) is 0. The van der Waals surface area contributed by atoms with Gasteiger partial charge in [-0.3, -0.25) is 4.79 Å². The summed E-state index contributed by atoms with van der Waals surface area (Å²) in [6.07, 6.45) is 0. The predicted molar refractivity (Wildman–Crippen MR) is 81.9 cm³/mol. The van der Waals surface area contributed by atoms with Crippen molar-refractivity contribution in [1.29, 1.82) is 0 Å². The Kier molecular flexibility index (Phi) is 4.82. The first-order valence-electron chi connectivity index (χ1n) is 6.71. The van der Waals surface area contributed by atoms with Crippen molar-refractivity contribution < 1.29 is 22.1 Å². The summed E-state index contributed by atoms with van der Waals surface area (Å²) in [5.41, 5.74) is 0.308. The molecule has 6 heteroatoms. The maximum absolute atomic E-state index is 12.3. The SMILES string of the molecule is CCOc1ccccc1OS(=O)(=O)c1cccc(C(C)=O)c1. The number of hydrogen-bond acceptors (Lipinski definition) is 5. The van der Waals surface area contributed by atoms with E-state index >= 15 is 0 Å². The largest absolute Gasteiger partial charge is 0.490 e. The van der Waals surface area contributed by atoms with Gasteiger partial charge in [-0.05, 0) is 38.1 Å². The van der Waals surface area contributed by atoms with E-state index in [9.17, 15) is 13.2 Å². The van der Waals surface area contributed by atoms with Crippen LogP contribution in [0.2, 0.25) is 0 Å². The van der Waals surface area contributed by atoms with Gasteiger partial charge in [0.25, 0.3) is 0 Å². The zero-order chi connectivity index (χ0) is 16.2. The van der Waals surface area contributed by atoms with E-state index in [0.29, 0.717) is 17.9 Å². The van der Waals surface area contributed by atoms with Crippen LogP contribution in [0.5, 0.6) is 11.5 Å². The van der Waals surface area contributed by atoms with E-state index in [1.165, 1.54) is 31.2 Å². The van der Waals surface area contributed by atoms with E-state index in [-0.39, 0.29) is 16.4 Å². The number of rotatable bonds is 6. The second-order valence-electron chi connectivity index (χ2n) is 4.50. The van der Waals surface area contributed by atoms with Crippen molar-refractivity contribution in [1.82, 2.24) is 0 Å². The molecule has 0 heterocycles. The summed E-state index contributed by atoms with van der Waals surface area (Å²) in [6, 6.07) is 12.2. The number of ketones is 1. The molecule has 0 saturated carbocycles. The topological polar surface area (TPSA) is 69.7 Å². The first-order valence-corrected chi connectivity index (χ1v) is 8.12. The van der Waals surface area contributed by atoms with Gasteiger partial charge in [-0.1, -0.05) is 24.3 Å². The van der Waals surface area contributed by atoms with Gasteiger partial charge in [-0.2, -0.15) is 8.42 Å². The summed E-state index contributed by atoms with van der Waals surface area (Å²) >= 11 is 0. The summed E-state index contributed by atoms with van der Waals surface area (Å²) in [6.45, 7) is 3.55. The standard InChI is InChI=1S/C16H16O5S/c1-3-20-15-9-4-5-10-16(15)21-22(18,19)14-8-6-7-13(11-14)12(2)17/h4-11H,3H2,1-2H3. The number of carbonyl (C=O) groups excluding carboxylic acids is 1. The molecule has 0 aromatic heterocycles. The summed E-state index contributed by atoms with van der Waals surface area (Å²) in [5.74, 6) is 0.237. The van der Waals surface area contributed by atoms with E-state index in [2.05, 4.69) is 0 Å². The molecule has 0 saturated heterocycles. The highest BCUT2D eigenvalue weighted by Crippen LogP contribution is 2.29. The van der Waals surface area contributed by atoms with Gasteiger partial charge in [-0.15, -0.1) is 0 Å². The lowest BCUT2D eigenvalue weighted by atomic mass is 10.2. The quantitative estimate of drug-likeness (QED) is 0.604. The Morgan fingerprint density at radius 1 is 1.05 bits per heavy atom. The molecule has 0 radical (unpaired) electrons. The van der Waals surface area contributed by atoms with Crippen LogP contribution >= 0.6 is 0 Å².